The first-order chi connectivity index (χ1) is 9.99. The number of benzene rings is 1. The second-order valence-corrected chi connectivity index (χ2v) is 5.61. The normalized spacial score (nSPS) is 22.9. The Hall–Kier alpha value is -1.39. The Morgan fingerprint density at radius 1 is 1.19 bits per heavy atom. The van der Waals surface area contributed by atoms with E-state index in [2.05, 4.69) is 5.32 Å². The second kappa shape index (κ2) is 7.05. The van der Waals surface area contributed by atoms with Gasteiger partial charge in [0.25, 0.3) is 0 Å². The molecule has 0 atom stereocenters. The molecule has 5 heteroatoms. The maximum atomic E-state index is 12.6. The van der Waals surface area contributed by atoms with Crippen LogP contribution in [0.2, 0.25) is 0 Å². The molecule has 118 valence electrons. The number of halogens is 3. The lowest BCUT2D eigenvalue weighted by Crippen LogP contribution is -2.32. The smallest absolute Gasteiger partial charge is 0.391 e. The van der Waals surface area contributed by atoms with Crippen LogP contribution in [0.15, 0.2) is 24.3 Å². The van der Waals surface area contributed by atoms with Gasteiger partial charge in [-0.2, -0.15) is 13.2 Å². The fourth-order valence-corrected chi connectivity index (χ4v) is 2.70. The maximum absolute atomic E-state index is 12.6. The van der Waals surface area contributed by atoms with Crippen molar-refractivity contribution in [3.8, 4) is 5.75 Å². The lowest BCUT2D eigenvalue weighted by Gasteiger charge is -2.30. The average Bonchev–Trinajstić information content (AvgIpc) is 2.45. The molecule has 0 spiro atoms. The van der Waals surface area contributed by atoms with Gasteiger partial charge in [0.05, 0.1) is 12.5 Å². The van der Waals surface area contributed by atoms with Crippen LogP contribution in [0.25, 0.3) is 0 Å². The van der Waals surface area contributed by atoms with Gasteiger partial charge in [0.2, 0.25) is 0 Å². The van der Waals surface area contributed by atoms with E-state index in [1.807, 2.05) is 31.2 Å². The fourth-order valence-electron chi connectivity index (χ4n) is 2.70. The Balaban J connectivity index is 1.86. The van der Waals surface area contributed by atoms with Crippen LogP contribution in [0, 0.1) is 5.92 Å². The minimum absolute atomic E-state index is 0.116. The van der Waals surface area contributed by atoms with Crippen LogP contribution in [0.5, 0.6) is 5.75 Å². The third kappa shape index (κ3) is 4.83. The first kappa shape index (κ1) is 16.0. The van der Waals surface area contributed by atoms with E-state index < -0.39 is 12.1 Å². The molecule has 1 aliphatic rings. The zero-order valence-corrected chi connectivity index (χ0v) is 12.2. The summed E-state index contributed by atoms with van der Waals surface area (Å²) in [6, 6.07) is 7.74. The molecule has 0 aliphatic heterocycles. The van der Waals surface area contributed by atoms with Crippen molar-refractivity contribution in [3.63, 3.8) is 0 Å². The summed E-state index contributed by atoms with van der Waals surface area (Å²) < 4.78 is 43.4. The number of anilines is 1. The highest BCUT2D eigenvalue weighted by Gasteiger charge is 2.41. The Labute approximate surface area is 123 Å². The molecule has 1 fully saturated rings. The summed E-state index contributed by atoms with van der Waals surface area (Å²) in [6.45, 7) is 2.71. The first-order valence-electron chi connectivity index (χ1n) is 7.55. The van der Waals surface area contributed by atoms with Gasteiger partial charge in [-0.05, 0) is 44.2 Å². The number of rotatable bonds is 5. The molecule has 0 bridgehead atoms. The van der Waals surface area contributed by atoms with Crippen molar-refractivity contribution in [1.82, 2.24) is 0 Å². The van der Waals surface area contributed by atoms with Crippen LogP contribution in [-0.4, -0.2) is 18.8 Å². The number of nitrogens with one attached hydrogen (secondary N) is 1. The summed E-state index contributed by atoms with van der Waals surface area (Å²) in [7, 11) is 0. The third-order valence-electron chi connectivity index (χ3n) is 3.87. The topological polar surface area (TPSA) is 21.3 Å². The third-order valence-corrected chi connectivity index (χ3v) is 3.87. The minimum atomic E-state index is -4.04. The fraction of sp³-hybridized carbons (Fsp3) is 0.625. The van der Waals surface area contributed by atoms with Gasteiger partial charge in [-0.1, -0.05) is 13.0 Å². The summed E-state index contributed by atoms with van der Waals surface area (Å²) in [5, 5.41) is 3.32. The summed E-state index contributed by atoms with van der Waals surface area (Å²) in [6.07, 6.45) is -1.55. The molecule has 0 radical (unpaired) electrons. The molecule has 1 aromatic carbocycles. The Kier molecular flexibility index (Phi) is 5.37. The van der Waals surface area contributed by atoms with Crippen LogP contribution in [0.3, 0.4) is 0 Å². The van der Waals surface area contributed by atoms with E-state index in [1.165, 1.54) is 0 Å². The van der Waals surface area contributed by atoms with E-state index in [-0.39, 0.29) is 18.9 Å². The highest BCUT2D eigenvalue weighted by Crippen LogP contribution is 2.38. The highest BCUT2D eigenvalue weighted by atomic mass is 19.4. The van der Waals surface area contributed by atoms with Gasteiger partial charge in [-0.25, -0.2) is 0 Å². The predicted octanol–water partition coefficient (Wildman–Crippen LogP) is 5.01. The van der Waals surface area contributed by atoms with Crippen molar-refractivity contribution in [2.24, 2.45) is 5.92 Å². The van der Waals surface area contributed by atoms with Crippen molar-refractivity contribution in [2.75, 3.05) is 11.9 Å². The average molecular weight is 301 g/mol. The standard InChI is InChI=1S/C16H22F3NO/c1-2-10-21-15-5-3-4-14(11-15)20-13-8-6-12(7-9-13)16(17,18)19/h3-5,11-13,20H,2,6-10H2,1H3. The monoisotopic (exact) mass is 301 g/mol. The van der Waals surface area contributed by atoms with E-state index in [0.717, 1.165) is 17.9 Å². The van der Waals surface area contributed by atoms with Crippen LogP contribution in [0.4, 0.5) is 18.9 Å². The molecule has 0 saturated heterocycles. The SMILES string of the molecule is CCCOc1cccc(NC2CCC(C(F)(F)F)CC2)c1. The van der Waals surface area contributed by atoms with Gasteiger partial charge in [0, 0.05) is 17.8 Å². The van der Waals surface area contributed by atoms with E-state index in [1.54, 1.807) is 0 Å². The summed E-state index contributed by atoms with van der Waals surface area (Å²) in [5.74, 6) is -0.333. The van der Waals surface area contributed by atoms with Gasteiger partial charge in [-0.15, -0.1) is 0 Å². The molecular formula is C16H22F3NO. The quantitative estimate of drug-likeness (QED) is 0.825. The zero-order chi connectivity index (χ0) is 15.3. The van der Waals surface area contributed by atoms with Gasteiger partial charge in [0.15, 0.2) is 0 Å². The molecule has 1 aromatic rings. The molecule has 0 unspecified atom stereocenters. The van der Waals surface area contributed by atoms with Crippen molar-refractivity contribution < 1.29 is 17.9 Å². The van der Waals surface area contributed by atoms with Crippen LogP contribution >= 0.6 is 0 Å². The number of ether oxygens (including phenoxy) is 1. The van der Waals surface area contributed by atoms with Crippen LogP contribution < -0.4 is 10.1 Å². The Bertz CT molecular complexity index is 439. The first-order valence-corrected chi connectivity index (χ1v) is 7.55. The van der Waals surface area contributed by atoms with Crippen molar-refractivity contribution >= 4 is 5.69 Å². The van der Waals surface area contributed by atoms with E-state index in [9.17, 15) is 13.2 Å². The van der Waals surface area contributed by atoms with Gasteiger partial charge < -0.3 is 10.1 Å². The van der Waals surface area contributed by atoms with Crippen LogP contribution in [-0.2, 0) is 0 Å². The molecular weight excluding hydrogens is 279 g/mol. The molecule has 1 aliphatic carbocycles. The number of hydrogen-bond acceptors (Lipinski definition) is 2. The summed E-state index contributed by atoms with van der Waals surface area (Å²) in [4.78, 5) is 0. The Morgan fingerprint density at radius 2 is 1.90 bits per heavy atom. The lowest BCUT2D eigenvalue weighted by atomic mass is 9.85. The van der Waals surface area contributed by atoms with Crippen molar-refractivity contribution in [2.45, 2.75) is 51.2 Å². The number of alkyl halides is 3. The molecule has 2 rings (SSSR count). The molecule has 21 heavy (non-hydrogen) atoms. The molecule has 0 heterocycles. The zero-order valence-electron chi connectivity index (χ0n) is 12.2. The van der Waals surface area contributed by atoms with Crippen molar-refractivity contribution in [3.05, 3.63) is 24.3 Å². The van der Waals surface area contributed by atoms with Crippen LogP contribution in [0.1, 0.15) is 39.0 Å². The van der Waals surface area contributed by atoms with Gasteiger partial charge in [-0.3, -0.25) is 0 Å². The predicted molar refractivity (Wildman–Crippen MR) is 77.7 cm³/mol. The van der Waals surface area contributed by atoms with Crippen molar-refractivity contribution in [1.29, 1.82) is 0 Å². The summed E-state index contributed by atoms with van der Waals surface area (Å²) in [5.41, 5.74) is 0.916. The second-order valence-electron chi connectivity index (χ2n) is 5.61. The molecule has 1 N–H and O–H groups in total. The van der Waals surface area contributed by atoms with Gasteiger partial charge >= 0.3 is 6.18 Å². The molecule has 0 amide bonds. The lowest BCUT2D eigenvalue weighted by molar-refractivity contribution is -0.182. The summed E-state index contributed by atoms with van der Waals surface area (Å²) >= 11 is 0. The molecule has 2 nitrogen and oxygen atoms in total. The van der Waals surface area contributed by atoms with E-state index >= 15 is 0 Å². The molecule has 0 aromatic heterocycles. The molecule has 1 saturated carbocycles. The van der Waals surface area contributed by atoms with Gasteiger partial charge in [0.1, 0.15) is 5.75 Å². The largest absolute Gasteiger partial charge is 0.494 e. The minimum Gasteiger partial charge on any atom is -0.494 e. The highest BCUT2D eigenvalue weighted by molar-refractivity contribution is 5.48. The van der Waals surface area contributed by atoms with E-state index in [4.69, 9.17) is 4.74 Å². The van der Waals surface area contributed by atoms with E-state index in [0.29, 0.717) is 19.4 Å². The number of hydrogen-bond donors (Lipinski definition) is 1. The maximum Gasteiger partial charge on any atom is 0.391 e. The Morgan fingerprint density at radius 3 is 2.52 bits per heavy atom.